The molecular weight excluding hydrogens is 328 g/mol. The van der Waals surface area contributed by atoms with Crippen molar-refractivity contribution in [3.8, 4) is 5.75 Å². The maximum Gasteiger partial charge on any atom is 0.243 e. The van der Waals surface area contributed by atoms with Crippen LogP contribution in [-0.2, 0) is 10.0 Å². The topological polar surface area (TPSA) is 84.4 Å². The monoisotopic (exact) mass is 348 g/mol. The first-order valence-electron chi connectivity index (χ1n) is 7.78. The predicted octanol–water partition coefficient (Wildman–Crippen LogP) is 1.67. The molecule has 0 aliphatic carbocycles. The zero-order chi connectivity index (χ0) is 17.2. The lowest BCUT2D eigenvalue weighted by atomic mass is 10.2. The predicted molar refractivity (Wildman–Crippen MR) is 90.5 cm³/mol. The highest BCUT2D eigenvalue weighted by Gasteiger charge is 2.37. The lowest BCUT2D eigenvalue weighted by Gasteiger charge is -2.38. The molecule has 0 bridgehead atoms. The number of benzene rings is 1. The molecule has 1 aliphatic heterocycles. The van der Waals surface area contributed by atoms with Gasteiger partial charge in [-0.1, -0.05) is 0 Å². The van der Waals surface area contributed by atoms with E-state index in [9.17, 15) is 8.42 Å². The number of nitrogens with zero attached hydrogens (tertiary/aromatic N) is 3. The summed E-state index contributed by atoms with van der Waals surface area (Å²) in [5.74, 6) is 1.22. The Bertz CT molecular complexity index is 805. The maximum atomic E-state index is 12.7. The fourth-order valence-corrected chi connectivity index (χ4v) is 4.15. The number of hydrogen-bond acceptors (Lipinski definition) is 6. The fraction of sp³-hybridized carbons (Fsp3) is 0.375. The standard InChI is InChI=1S/C16H20N4O3S/c1-3-23-15-6-5-14(9-12(15)2)24(21,22)20-10-13(11-20)19-16-17-7-4-8-18-16/h4-9,13H,3,10-11H2,1-2H3,(H,17,18,19). The van der Waals surface area contributed by atoms with Gasteiger partial charge < -0.3 is 10.1 Å². The van der Waals surface area contributed by atoms with Crippen LogP contribution in [-0.4, -0.2) is 48.4 Å². The molecule has 8 heteroatoms. The molecule has 1 aliphatic rings. The molecule has 7 nitrogen and oxygen atoms in total. The summed E-state index contributed by atoms with van der Waals surface area (Å²) in [6, 6.07) is 6.71. The van der Waals surface area contributed by atoms with E-state index in [4.69, 9.17) is 4.74 Å². The summed E-state index contributed by atoms with van der Waals surface area (Å²) >= 11 is 0. The highest BCUT2D eigenvalue weighted by Crippen LogP contribution is 2.27. The van der Waals surface area contributed by atoms with Crippen LogP contribution in [0, 0.1) is 6.92 Å². The molecule has 2 heterocycles. The van der Waals surface area contributed by atoms with Crippen LogP contribution in [0.25, 0.3) is 0 Å². The smallest absolute Gasteiger partial charge is 0.243 e. The third kappa shape index (κ3) is 3.34. The summed E-state index contributed by atoms with van der Waals surface area (Å²) in [5, 5.41) is 3.12. The molecule has 2 aromatic rings. The van der Waals surface area contributed by atoms with Gasteiger partial charge in [0.2, 0.25) is 16.0 Å². The first-order valence-corrected chi connectivity index (χ1v) is 9.22. The molecule has 3 rings (SSSR count). The minimum absolute atomic E-state index is 0.0194. The van der Waals surface area contributed by atoms with Gasteiger partial charge in [-0.15, -0.1) is 0 Å². The van der Waals surface area contributed by atoms with Crippen molar-refractivity contribution in [1.29, 1.82) is 0 Å². The largest absolute Gasteiger partial charge is 0.494 e. The minimum atomic E-state index is -3.48. The average Bonchev–Trinajstić information content (AvgIpc) is 2.53. The lowest BCUT2D eigenvalue weighted by molar-refractivity contribution is 0.280. The quantitative estimate of drug-likeness (QED) is 0.855. The number of rotatable bonds is 6. The molecule has 0 spiro atoms. The van der Waals surface area contributed by atoms with Crippen molar-refractivity contribution in [3.05, 3.63) is 42.2 Å². The van der Waals surface area contributed by atoms with Gasteiger partial charge in [0.1, 0.15) is 5.75 Å². The molecule has 0 amide bonds. The first-order chi connectivity index (χ1) is 11.5. The maximum absolute atomic E-state index is 12.7. The average molecular weight is 348 g/mol. The van der Waals surface area contributed by atoms with Gasteiger partial charge in [0.25, 0.3) is 0 Å². The number of anilines is 1. The number of aromatic nitrogens is 2. The van der Waals surface area contributed by atoms with Crippen molar-refractivity contribution < 1.29 is 13.2 Å². The van der Waals surface area contributed by atoms with E-state index in [0.717, 1.165) is 5.56 Å². The zero-order valence-corrected chi connectivity index (χ0v) is 14.5. The Kier molecular flexibility index (Phi) is 4.68. The van der Waals surface area contributed by atoms with Gasteiger partial charge in [0.05, 0.1) is 17.5 Å². The van der Waals surface area contributed by atoms with E-state index in [-0.39, 0.29) is 10.9 Å². The molecule has 1 aromatic carbocycles. The van der Waals surface area contributed by atoms with Gasteiger partial charge in [-0.25, -0.2) is 18.4 Å². The van der Waals surface area contributed by atoms with E-state index < -0.39 is 10.0 Å². The Morgan fingerprint density at radius 2 is 2.00 bits per heavy atom. The Labute approximate surface area is 141 Å². The summed E-state index contributed by atoms with van der Waals surface area (Å²) in [6.45, 7) is 5.08. The van der Waals surface area contributed by atoms with Crippen LogP contribution in [0.4, 0.5) is 5.95 Å². The van der Waals surface area contributed by atoms with Crippen molar-refractivity contribution in [2.24, 2.45) is 0 Å². The number of aryl methyl sites for hydroxylation is 1. The summed E-state index contributed by atoms with van der Waals surface area (Å²) in [5.41, 5.74) is 0.811. The molecule has 24 heavy (non-hydrogen) atoms. The van der Waals surface area contributed by atoms with Gasteiger partial charge in [-0.05, 0) is 43.7 Å². The van der Waals surface area contributed by atoms with E-state index >= 15 is 0 Å². The van der Waals surface area contributed by atoms with Crippen molar-refractivity contribution in [2.75, 3.05) is 25.0 Å². The van der Waals surface area contributed by atoms with Crippen molar-refractivity contribution in [3.63, 3.8) is 0 Å². The Morgan fingerprint density at radius 3 is 2.62 bits per heavy atom. The molecule has 1 aromatic heterocycles. The SMILES string of the molecule is CCOc1ccc(S(=O)(=O)N2CC(Nc3ncccn3)C2)cc1C. The van der Waals surface area contributed by atoms with E-state index in [2.05, 4.69) is 15.3 Å². The van der Waals surface area contributed by atoms with Crippen LogP contribution in [0.5, 0.6) is 5.75 Å². The summed E-state index contributed by atoms with van der Waals surface area (Å²) in [6.07, 6.45) is 3.29. The molecule has 0 unspecified atom stereocenters. The Hall–Kier alpha value is -2.19. The molecule has 128 valence electrons. The van der Waals surface area contributed by atoms with Crippen LogP contribution in [0.2, 0.25) is 0 Å². The third-order valence-corrected chi connectivity index (χ3v) is 5.66. The van der Waals surface area contributed by atoms with Crippen LogP contribution in [0.1, 0.15) is 12.5 Å². The highest BCUT2D eigenvalue weighted by atomic mass is 32.2. The fourth-order valence-electron chi connectivity index (χ4n) is 2.53. The third-order valence-electron chi connectivity index (χ3n) is 3.83. The van der Waals surface area contributed by atoms with E-state index in [1.54, 1.807) is 36.7 Å². The molecule has 1 N–H and O–H groups in total. The van der Waals surface area contributed by atoms with Gasteiger partial charge in [0, 0.05) is 25.5 Å². The number of sulfonamides is 1. The van der Waals surface area contributed by atoms with Crippen molar-refractivity contribution in [1.82, 2.24) is 14.3 Å². The van der Waals surface area contributed by atoms with Crippen LogP contribution in [0.15, 0.2) is 41.6 Å². The van der Waals surface area contributed by atoms with Gasteiger partial charge >= 0.3 is 0 Å². The van der Waals surface area contributed by atoms with Gasteiger partial charge in [-0.2, -0.15) is 4.31 Å². The molecule has 0 radical (unpaired) electrons. The molecule has 1 saturated heterocycles. The van der Waals surface area contributed by atoms with E-state index in [0.29, 0.717) is 31.4 Å². The second-order valence-electron chi connectivity index (χ2n) is 5.60. The minimum Gasteiger partial charge on any atom is -0.494 e. The lowest BCUT2D eigenvalue weighted by Crippen LogP contribution is -2.56. The molecule has 0 saturated carbocycles. The Balaban J connectivity index is 1.66. The molecule has 1 fully saturated rings. The van der Waals surface area contributed by atoms with Crippen LogP contribution >= 0.6 is 0 Å². The number of hydrogen-bond donors (Lipinski definition) is 1. The van der Waals surface area contributed by atoms with Crippen molar-refractivity contribution >= 4 is 16.0 Å². The molecular formula is C16H20N4O3S. The van der Waals surface area contributed by atoms with Crippen LogP contribution < -0.4 is 10.1 Å². The van der Waals surface area contributed by atoms with E-state index in [1.165, 1.54) is 4.31 Å². The van der Waals surface area contributed by atoms with Gasteiger partial charge in [-0.3, -0.25) is 0 Å². The Morgan fingerprint density at radius 1 is 1.29 bits per heavy atom. The second kappa shape index (κ2) is 6.74. The van der Waals surface area contributed by atoms with Gasteiger partial charge in [0.15, 0.2) is 0 Å². The highest BCUT2D eigenvalue weighted by molar-refractivity contribution is 7.89. The van der Waals surface area contributed by atoms with E-state index in [1.807, 2.05) is 13.8 Å². The number of nitrogens with one attached hydrogen (secondary N) is 1. The normalized spacial score (nSPS) is 15.8. The summed E-state index contributed by atoms with van der Waals surface area (Å²) in [7, 11) is -3.48. The zero-order valence-electron chi connectivity index (χ0n) is 13.6. The molecule has 0 atom stereocenters. The van der Waals surface area contributed by atoms with Crippen molar-refractivity contribution in [2.45, 2.75) is 24.8 Å². The first kappa shape index (κ1) is 16.7. The summed E-state index contributed by atoms with van der Waals surface area (Å²) < 4.78 is 32.2. The van der Waals surface area contributed by atoms with Crippen LogP contribution in [0.3, 0.4) is 0 Å². The second-order valence-corrected chi connectivity index (χ2v) is 7.53. The number of ether oxygens (including phenoxy) is 1. The summed E-state index contributed by atoms with van der Waals surface area (Å²) in [4.78, 5) is 8.45.